The van der Waals surface area contributed by atoms with Crippen molar-refractivity contribution in [3.8, 4) is 17.0 Å². The van der Waals surface area contributed by atoms with Gasteiger partial charge in [0.15, 0.2) is 10.6 Å². The van der Waals surface area contributed by atoms with Crippen molar-refractivity contribution in [2.75, 3.05) is 50.1 Å². The SMILES string of the molecule is CC(C)(F)c1cc(NC(=O)Nc2ccc(-c3cn4c(n3)sc3ccc(OCCN5CCOCC5)cc34)cc2)on1. The third-order valence-electron chi connectivity index (χ3n) is 6.64. The second-order valence-electron chi connectivity index (χ2n) is 10.0. The molecule has 2 amide bonds. The minimum Gasteiger partial charge on any atom is -0.492 e. The van der Waals surface area contributed by atoms with Gasteiger partial charge in [0.25, 0.3) is 0 Å². The molecule has 12 heteroatoms. The number of urea groups is 1. The Hall–Kier alpha value is -4.00. The highest BCUT2D eigenvalue weighted by molar-refractivity contribution is 7.23. The number of imidazole rings is 1. The van der Waals surface area contributed by atoms with Crippen molar-refractivity contribution in [2.24, 2.45) is 0 Å². The van der Waals surface area contributed by atoms with Crippen LogP contribution in [0.25, 0.3) is 26.4 Å². The molecule has 1 fully saturated rings. The van der Waals surface area contributed by atoms with E-state index in [-0.39, 0.29) is 11.6 Å². The largest absolute Gasteiger partial charge is 0.492 e. The molecule has 4 heterocycles. The Morgan fingerprint density at radius 1 is 1.12 bits per heavy atom. The van der Waals surface area contributed by atoms with Gasteiger partial charge in [-0.05, 0) is 38.1 Å². The van der Waals surface area contributed by atoms with Crippen LogP contribution >= 0.6 is 11.3 Å². The Bertz CT molecular complexity index is 1630. The fourth-order valence-electron chi connectivity index (χ4n) is 4.44. The monoisotopic (exact) mass is 564 g/mol. The molecule has 1 saturated heterocycles. The lowest BCUT2D eigenvalue weighted by atomic mass is 10.1. The van der Waals surface area contributed by atoms with E-state index in [0.29, 0.717) is 12.3 Å². The summed E-state index contributed by atoms with van der Waals surface area (Å²) in [5, 5.41) is 8.89. The van der Waals surface area contributed by atoms with E-state index in [1.165, 1.54) is 19.9 Å². The van der Waals surface area contributed by atoms with Crippen LogP contribution in [0.5, 0.6) is 5.75 Å². The second-order valence-corrected chi connectivity index (χ2v) is 11.0. The second kappa shape index (κ2) is 10.9. The van der Waals surface area contributed by atoms with E-state index < -0.39 is 11.7 Å². The molecule has 10 nitrogen and oxygen atoms in total. The topological polar surface area (TPSA) is 106 Å². The number of morpholine rings is 1. The van der Waals surface area contributed by atoms with E-state index in [4.69, 9.17) is 19.0 Å². The van der Waals surface area contributed by atoms with Crippen molar-refractivity contribution in [1.82, 2.24) is 19.4 Å². The molecule has 40 heavy (non-hydrogen) atoms. The van der Waals surface area contributed by atoms with Gasteiger partial charge < -0.3 is 19.3 Å². The molecule has 2 N–H and O–H groups in total. The first-order chi connectivity index (χ1) is 19.3. The highest BCUT2D eigenvalue weighted by Crippen LogP contribution is 2.32. The minimum absolute atomic E-state index is 0.0609. The first-order valence-corrected chi connectivity index (χ1v) is 13.8. The number of nitrogens with zero attached hydrogens (tertiary/aromatic N) is 4. The van der Waals surface area contributed by atoms with Gasteiger partial charge in [0.1, 0.15) is 18.1 Å². The minimum atomic E-state index is -1.66. The number of aromatic nitrogens is 3. The summed E-state index contributed by atoms with van der Waals surface area (Å²) in [6.07, 6.45) is 2.01. The number of anilines is 2. The Morgan fingerprint density at radius 2 is 1.93 bits per heavy atom. The van der Waals surface area contributed by atoms with E-state index in [1.54, 1.807) is 23.5 Å². The van der Waals surface area contributed by atoms with Crippen LogP contribution in [0.2, 0.25) is 0 Å². The van der Waals surface area contributed by atoms with E-state index >= 15 is 0 Å². The number of nitrogens with one attached hydrogen (secondary N) is 2. The average molecular weight is 565 g/mol. The van der Waals surface area contributed by atoms with Crippen molar-refractivity contribution in [2.45, 2.75) is 19.5 Å². The summed E-state index contributed by atoms with van der Waals surface area (Å²) < 4.78 is 33.6. The van der Waals surface area contributed by atoms with Crippen LogP contribution in [0.15, 0.2) is 59.3 Å². The fourth-order valence-corrected chi connectivity index (χ4v) is 5.43. The smallest absolute Gasteiger partial charge is 0.326 e. The Balaban J connectivity index is 1.10. The maximum absolute atomic E-state index is 14.0. The molecule has 0 saturated carbocycles. The molecule has 208 valence electrons. The Kier molecular flexibility index (Phi) is 7.13. The molecular formula is C28H29FN6O4S. The molecule has 0 bridgehead atoms. The zero-order chi connectivity index (χ0) is 27.7. The Morgan fingerprint density at radius 3 is 2.67 bits per heavy atom. The molecule has 6 rings (SSSR count). The number of thiazole rings is 1. The maximum atomic E-state index is 14.0. The summed E-state index contributed by atoms with van der Waals surface area (Å²) in [5.74, 6) is 0.894. The van der Waals surface area contributed by atoms with Crippen LogP contribution < -0.4 is 15.4 Å². The molecule has 1 aliphatic heterocycles. The number of benzene rings is 2. The zero-order valence-corrected chi connectivity index (χ0v) is 23.0. The highest BCUT2D eigenvalue weighted by Gasteiger charge is 2.24. The lowest BCUT2D eigenvalue weighted by Gasteiger charge is -2.26. The van der Waals surface area contributed by atoms with E-state index in [9.17, 15) is 9.18 Å². The quantitative estimate of drug-likeness (QED) is 0.247. The van der Waals surface area contributed by atoms with Crippen LogP contribution in [0.3, 0.4) is 0 Å². The van der Waals surface area contributed by atoms with Gasteiger partial charge in [-0.25, -0.2) is 14.2 Å². The Labute approximate surface area is 233 Å². The van der Waals surface area contributed by atoms with Crippen molar-refractivity contribution < 1.29 is 23.2 Å². The molecule has 3 aromatic heterocycles. The van der Waals surface area contributed by atoms with Gasteiger partial charge in [-0.1, -0.05) is 28.6 Å². The van der Waals surface area contributed by atoms with Gasteiger partial charge >= 0.3 is 6.03 Å². The highest BCUT2D eigenvalue weighted by atomic mass is 32.1. The third-order valence-corrected chi connectivity index (χ3v) is 7.67. The van der Waals surface area contributed by atoms with Crippen LogP contribution in [0.4, 0.5) is 20.8 Å². The molecule has 2 aromatic carbocycles. The number of hydrogen-bond acceptors (Lipinski definition) is 8. The summed E-state index contributed by atoms with van der Waals surface area (Å²) in [7, 11) is 0. The molecule has 0 aliphatic carbocycles. The van der Waals surface area contributed by atoms with E-state index in [0.717, 1.165) is 65.0 Å². The summed E-state index contributed by atoms with van der Waals surface area (Å²) in [6.45, 7) is 7.68. The fraction of sp³-hybridized carbons (Fsp3) is 0.321. The van der Waals surface area contributed by atoms with Crippen molar-refractivity contribution >= 4 is 44.1 Å². The van der Waals surface area contributed by atoms with Crippen molar-refractivity contribution in [3.05, 3.63) is 60.4 Å². The summed E-state index contributed by atoms with van der Waals surface area (Å²) in [6, 6.07) is 14.3. The number of amides is 2. The predicted molar refractivity (Wildman–Crippen MR) is 152 cm³/mol. The number of alkyl halides is 1. The molecule has 0 unspecified atom stereocenters. The molecule has 1 aliphatic rings. The number of ether oxygens (including phenoxy) is 2. The molecule has 5 aromatic rings. The summed E-state index contributed by atoms with van der Waals surface area (Å²) in [4.78, 5) is 20.4. The lowest BCUT2D eigenvalue weighted by Crippen LogP contribution is -2.38. The van der Waals surface area contributed by atoms with Crippen LogP contribution in [-0.4, -0.2) is 64.9 Å². The molecular weight excluding hydrogens is 535 g/mol. The van der Waals surface area contributed by atoms with Gasteiger partial charge in [-0.15, -0.1) is 0 Å². The van der Waals surface area contributed by atoms with Crippen molar-refractivity contribution in [1.29, 1.82) is 0 Å². The number of fused-ring (bicyclic) bond motifs is 3. The number of carbonyl (C=O) groups is 1. The van der Waals surface area contributed by atoms with Crippen LogP contribution in [-0.2, 0) is 10.4 Å². The standard InChI is InChI=1S/C28H29FN6O4S/c1-28(2,29)24-16-25(39-33-24)32-26(36)30-19-5-3-18(4-6-19)21-17-35-22-15-20(7-8-23(22)40-27(35)31-21)38-14-11-34-9-12-37-13-10-34/h3-8,15-17H,9-14H2,1-2H3,(H2,30,32,36). The number of carbonyl (C=O) groups excluding carboxylic acids is 1. The van der Waals surface area contributed by atoms with Gasteiger partial charge in [0, 0.05) is 49.2 Å². The number of hydrogen-bond donors (Lipinski definition) is 2. The summed E-state index contributed by atoms with van der Waals surface area (Å²) >= 11 is 1.62. The van der Waals surface area contributed by atoms with Crippen LogP contribution in [0, 0.1) is 0 Å². The van der Waals surface area contributed by atoms with Gasteiger partial charge in [0.2, 0.25) is 5.88 Å². The third kappa shape index (κ3) is 5.79. The zero-order valence-electron chi connectivity index (χ0n) is 22.1. The molecule has 0 atom stereocenters. The van der Waals surface area contributed by atoms with Gasteiger partial charge in [-0.3, -0.25) is 14.6 Å². The molecule has 0 spiro atoms. The average Bonchev–Trinajstić information content (AvgIpc) is 3.65. The van der Waals surface area contributed by atoms with E-state index in [1.807, 2.05) is 24.4 Å². The predicted octanol–water partition coefficient (Wildman–Crippen LogP) is 5.76. The van der Waals surface area contributed by atoms with Gasteiger partial charge in [0.05, 0.1) is 29.1 Å². The number of rotatable bonds is 8. The van der Waals surface area contributed by atoms with E-state index in [2.05, 4.69) is 37.2 Å². The van der Waals surface area contributed by atoms with Crippen molar-refractivity contribution in [3.63, 3.8) is 0 Å². The maximum Gasteiger partial charge on any atom is 0.326 e. The first kappa shape index (κ1) is 26.2. The first-order valence-electron chi connectivity index (χ1n) is 13.0. The van der Waals surface area contributed by atoms with Crippen LogP contribution in [0.1, 0.15) is 19.5 Å². The summed E-state index contributed by atoms with van der Waals surface area (Å²) in [5.41, 5.74) is 1.81. The number of halogens is 1. The molecule has 0 radical (unpaired) electrons. The normalized spacial score (nSPS) is 14.6. The lowest BCUT2D eigenvalue weighted by molar-refractivity contribution is 0.0322. The van der Waals surface area contributed by atoms with Gasteiger partial charge in [-0.2, -0.15) is 0 Å².